The average Bonchev–Trinajstić information content (AvgIpc) is 2.72. The van der Waals surface area contributed by atoms with E-state index in [-0.39, 0.29) is 35.4 Å². The summed E-state index contributed by atoms with van der Waals surface area (Å²) < 4.78 is 27.5. The molecule has 2 saturated heterocycles. The number of rotatable bonds is 2. The van der Waals surface area contributed by atoms with Gasteiger partial charge < -0.3 is 15.8 Å². The molecule has 0 saturated carbocycles. The van der Waals surface area contributed by atoms with E-state index in [1.165, 1.54) is 0 Å². The van der Waals surface area contributed by atoms with E-state index in [9.17, 15) is 13.2 Å². The Bertz CT molecular complexity index is 381. The molecule has 1 amide bonds. The number of hydrogen-bond acceptors (Lipinski definition) is 5. The summed E-state index contributed by atoms with van der Waals surface area (Å²) in [6.07, 6.45) is 0.497. The molecule has 0 aromatic heterocycles. The summed E-state index contributed by atoms with van der Waals surface area (Å²) in [5.41, 5.74) is 5.70. The molecule has 0 radical (unpaired) electrons. The summed E-state index contributed by atoms with van der Waals surface area (Å²) in [4.78, 5) is 11.8. The van der Waals surface area contributed by atoms with Crippen molar-refractivity contribution < 1.29 is 17.9 Å². The minimum Gasteiger partial charge on any atom is -0.379 e. The van der Waals surface area contributed by atoms with Gasteiger partial charge in [-0.25, -0.2) is 8.42 Å². The molecule has 7 heteroatoms. The molecule has 0 aliphatic carbocycles. The lowest BCUT2D eigenvalue weighted by Gasteiger charge is -2.16. The van der Waals surface area contributed by atoms with E-state index in [1.807, 2.05) is 0 Å². The molecule has 0 bridgehead atoms. The fraction of sp³-hybridized carbons (Fsp3) is 0.889. The third kappa shape index (κ3) is 2.53. The zero-order chi connectivity index (χ0) is 11.8. The predicted molar refractivity (Wildman–Crippen MR) is 57.5 cm³/mol. The highest BCUT2D eigenvalue weighted by atomic mass is 32.2. The lowest BCUT2D eigenvalue weighted by molar-refractivity contribution is -0.125. The highest BCUT2D eigenvalue weighted by Gasteiger charge is 2.35. The minimum absolute atomic E-state index is 0.0432. The topological polar surface area (TPSA) is 98.5 Å². The van der Waals surface area contributed by atoms with E-state index in [1.54, 1.807) is 0 Å². The molecule has 16 heavy (non-hydrogen) atoms. The zero-order valence-electron chi connectivity index (χ0n) is 8.89. The van der Waals surface area contributed by atoms with Crippen molar-refractivity contribution in [2.24, 2.45) is 11.7 Å². The van der Waals surface area contributed by atoms with Gasteiger partial charge in [-0.15, -0.1) is 0 Å². The van der Waals surface area contributed by atoms with Crippen LogP contribution in [0.15, 0.2) is 0 Å². The Morgan fingerprint density at radius 1 is 1.38 bits per heavy atom. The number of sulfone groups is 1. The molecule has 0 aromatic carbocycles. The summed E-state index contributed by atoms with van der Waals surface area (Å²) in [5.74, 6) is -0.331. The largest absolute Gasteiger partial charge is 0.379 e. The van der Waals surface area contributed by atoms with Crippen LogP contribution in [-0.2, 0) is 19.4 Å². The van der Waals surface area contributed by atoms with Crippen molar-refractivity contribution in [3.8, 4) is 0 Å². The third-order valence-electron chi connectivity index (χ3n) is 3.04. The number of nitrogens with one attached hydrogen (secondary N) is 1. The fourth-order valence-electron chi connectivity index (χ4n) is 2.06. The molecule has 2 heterocycles. The fourth-order valence-corrected chi connectivity index (χ4v) is 3.73. The smallest absolute Gasteiger partial charge is 0.227 e. The Morgan fingerprint density at radius 2 is 2.12 bits per heavy atom. The average molecular weight is 248 g/mol. The number of amides is 1. The van der Waals surface area contributed by atoms with Gasteiger partial charge in [0.05, 0.1) is 30.6 Å². The highest BCUT2D eigenvalue weighted by molar-refractivity contribution is 7.91. The molecule has 2 fully saturated rings. The predicted octanol–water partition coefficient (Wildman–Crippen LogP) is -1.74. The van der Waals surface area contributed by atoms with Crippen LogP contribution >= 0.6 is 0 Å². The lowest BCUT2D eigenvalue weighted by atomic mass is 10.0. The molecule has 0 aromatic rings. The van der Waals surface area contributed by atoms with E-state index in [4.69, 9.17) is 10.5 Å². The maximum Gasteiger partial charge on any atom is 0.227 e. The normalized spacial score (nSPS) is 37.4. The van der Waals surface area contributed by atoms with Crippen LogP contribution in [0, 0.1) is 5.92 Å². The van der Waals surface area contributed by atoms with Gasteiger partial charge in [0.15, 0.2) is 9.84 Å². The second kappa shape index (κ2) is 4.31. The first kappa shape index (κ1) is 11.8. The first-order chi connectivity index (χ1) is 7.48. The van der Waals surface area contributed by atoms with Gasteiger partial charge in [-0.05, 0) is 6.42 Å². The van der Waals surface area contributed by atoms with Crippen LogP contribution in [-0.4, -0.2) is 51.1 Å². The van der Waals surface area contributed by atoms with Crippen molar-refractivity contribution in [1.29, 1.82) is 0 Å². The van der Waals surface area contributed by atoms with Crippen LogP contribution in [0.4, 0.5) is 0 Å². The zero-order valence-corrected chi connectivity index (χ0v) is 9.70. The van der Waals surface area contributed by atoms with Crippen molar-refractivity contribution in [3.63, 3.8) is 0 Å². The Kier molecular flexibility index (Phi) is 3.18. The van der Waals surface area contributed by atoms with E-state index in [2.05, 4.69) is 5.32 Å². The second-order valence-electron chi connectivity index (χ2n) is 4.42. The van der Waals surface area contributed by atoms with Crippen LogP contribution in [0.1, 0.15) is 6.42 Å². The summed E-state index contributed by atoms with van der Waals surface area (Å²) >= 11 is 0. The number of carbonyl (C=O) groups is 1. The molecule has 2 aliphatic rings. The molecule has 6 nitrogen and oxygen atoms in total. The van der Waals surface area contributed by atoms with Gasteiger partial charge in [0.1, 0.15) is 0 Å². The van der Waals surface area contributed by atoms with Crippen LogP contribution in [0.3, 0.4) is 0 Å². The van der Waals surface area contributed by atoms with Gasteiger partial charge in [0.25, 0.3) is 0 Å². The second-order valence-corrected chi connectivity index (χ2v) is 6.65. The number of ether oxygens (including phenoxy) is 1. The summed E-state index contributed by atoms with van der Waals surface area (Å²) in [6.45, 7) is 0.716. The molecule has 2 aliphatic heterocycles. The summed E-state index contributed by atoms with van der Waals surface area (Å²) in [5, 5.41) is 2.73. The van der Waals surface area contributed by atoms with Crippen LogP contribution in [0.25, 0.3) is 0 Å². The van der Waals surface area contributed by atoms with E-state index in [0.29, 0.717) is 19.6 Å². The van der Waals surface area contributed by atoms with Gasteiger partial charge in [-0.3, -0.25) is 4.79 Å². The highest BCUT2D eigenvalue weighted by Crippen LogP contribution is 2.15. The van der Waals surface area contributed by atoms with Gasteiger partial charge in [0, 0.05) is 12.1 Å². The Balaban J connectivity index is 1.88. The van der Waals surface area contributed by atoms with E-state index in [0.717, 1.165) is 0 Å². The van der Waals surface area contributed by atoms with Gasteiger partial charge in [-0.1, -0.05) is 0 Å². The monoisotopic (exact) mass is 248 g/mol. The molecule has 3 unspecified atom stereocenters. The van der Waals surface area contributed by atoms with Crippen molar-refractivity contribution in [3.05, 3.63) is 0 Å². The number of hydrogen-bond donors (Lipinski definition) is 2. The van der Waals surface area contributed by atoms with E-state index < -0.39 is 9.84 Å². The SMILES string of the molecule is NC1COCC1C(=O)NC1CCS(=O)(=O)C1. The molecule has 92 valence electrons. The molecule has 3 atom stereocenters. The first-order valence-electron chi connectivity index (χ1n) is 5.32. The van der Waals surface area contributed by atoms with Gasteiger partial charge >= 0.3 is 0 Å². The molecular weight excluding hydrogens is 232 g/mol. The van der Waals surface area contributed by atoms with Crippen molar-refractivity contribution in [1.82, 2.24) is 5.32 Å². The molecule has 3 N–H and O–H groups in total. The van der Waals surface area contributed by atoms with Crippen LogP contribution in [0.5, 0.6) is 0 Å². The molecule has 2 rings (SSSR count). The standard InChI is InChI=1S/C9H16N2O4S/c10-8-4-15-3-7(8)9(12)11-6-1-2-16(13,14)5-6/h6-8H,1-5,10H2,(H,11,12). The summed E-state index contributed by atoms with van der Waals surface area (Å²) in [7, 11) is -2.96. The first-order valence-corrected chi connectivity index (χ1v) is 7.14. The van der Waals surface area contributed by atoms with E-state index >= 15 is 0 Å². The van der Waals surface area contributed by atoms with Gasteiger partial charge in [-0.2, -0.15) is 0 Å². The van der Waals surface area contributed by atoms with Gasteiger partial charge in [0.2, 0.25) is 5.91 Å². The maximum atomic E-state index is 11.8. The lowest BCUT2D eigenvalue weighted by Crippen LogP contribution is -2.45. The van der Waals surface area contributed by atoms with Crippen LogP contribution in [0.2, 0.25) is 0 Å². The number of carbonyl (C=O) groups excluding carboxylic acids is 1. The molecule has 0 spiro atoms. The third-order valence-corrected chi connectivity index (χ3v) is 4.81. The summed E-state index contributed by atoms with van der Waals surface area (Å²) in [6, 6.07) is -0.539. The Hall–Kier alpha value is -0.660. The number of nitrogens with two attached hydrogens (primary N) is 1. The Morgan fingerprint density at radius 3 is 2.62 bits per heavy atom. The van der Waals surface area contributed by atoms with Crippen molar-refractivity contribution >= 4 is 15.7 Å². The van der Waals surface area contributed by atoms with Crippen LogP contribution < -0.4 is 11.1 Å². The minimum atomic E-state index is -2.96. The molecular formula is C9H16N2O4S. The van der Waals surface area contributed by atoms with Crippen molar-refractivity contribution in [2.45, 2.75) is 18.5 Å². The Labute approximate surface area is 94.4 Å². The maximum absolute atomic E-state index is 11.8. The van der Waals surface area contributed by atoms with Crippen molar-refractivity contribution in [2.75, 3.05) is 24.7 Å². The quantitative estimate of drug-likeness (QED) is 0.604.